The second kappa shape index (κ2) is 6.80. The van der Waals surface area contributed by atoms with E-state index in [4.69, 9.17) is 0 Å². The van der Waals surface area contributed by atoms with Crippen molar-refractivity contribution >= 4 is 22.7 Å². The molecule has 0 bridgehead atoms. The molecule has 3 heterocycles. The first-order valence-electron chi connectivity index (χ1n) is 7.24. The predicted octanol–water partition coefficient (Wildman–Crippen LogP) is 3.08. The van der Waals surface area contributed by atoms with Crippen LogP contribution in [0.25, 0.3) is 0 Å². The Bertz CT molecular complexity index is 513. The lowest BCUT2D eigenvalue weighted by molar-refractivity contribution is 0.122. The van der Waals surface area contributed by atoms with Gasteiger partial charge in [0.1, 0.15) is 0 Å². The highest BCUT2D eigenvalue weighted by molar-refractivity contribution is 7.10. The quantitative estimate of drug-likeness (QED) is 0.846. The molecule has 0 aliphatic carbocycles. The van der Waals surface area contributed by atoms with Gasteiger partial charge in [-0.2, -0.15) is 0 Å². The first kappa shape index (κ1) is 14.2. The van der Waals surface area contributed by atoms with Crippen LogP contribution in [0.4, 0.5) is 0 Å². The molecule has 3 rings (SSSR count). The number of thiophene rings is 1. The van der Waals surface area contributed by atoms with E-state index in [1.807, 2.05) is 11.3 Å². The molecule has 108 valence electrons. The van der Waals surface area contributed by atoms with Gasteiger partial charge in [-0.1, -0.05) is 13.0 Å². The number of hydrogen-bond acceptors (Lipinski definition) is 5. The third kappa shape index (κ3) is 3.67. The molecule has 0 spiro atoms. The molecule has 0 unspecified atom stereocenters. The highest BCUT2D eigenvalue weighted by Gasteiger charge is 2.18. The van der Waals surface area contributed by atoms with Crippen molar-refractivity contribution < 1.29 is 0 Å². The second-order valence-corrected chi connectivity index (χ2v) is 7.19. The summed E-state index contributed by atoms with van der Waals surface area (Å²) in [4.78, 5) is 11.2. The summed E-state index contributed by atoms with van der Waals surface area (Å²) in [7, 11) is 0. The average Bonchev–Trinajstić information content (AvgIpc) is 3.12. The van der Waals surface area contributed by atoms with Gasteiger partial charge in [0.15, 0.2) is 0 Å². The minimum absolute atomic E-state index is 1.02. The molecule has 0 radical (unpaired) electrons. The van der Waals surface area contributed by atoms with E-state index in [-0.39, 0.29) is 0 Å². The van der Waals surface area contributed by atoms with Crippen molar-refractivity contribution in [1.29, 1.82) is 0 Å². The van der Waals surface area contributed by atoms with Crippen molar-refractivity contribution in [3.63, 3.8) is 0 Å². The Morgan fingerprint density at radius 2 is 1.85 bits per heavy atom. The fourth-order valence-corrected chi connectivity index (χ4v) is 4.02. The maximum atomic E-state index is 4.67. The zero-order valence-corrected chi connectivity index (χ0v) is 13.6. The van der Waals surface area contributed by atoms with Gasteiger partial charge in [0.25, 0.3) is 0 Å². The van der Waals surface area contributed by atoms with Crippen LogP contribution in [-0.2, 0) is 19.5 Å². The zero-order valence-electron chi connectivity index (χ0n) is 11.9. The van der Waals surface area contributed by atoms with Crippen molar-refractivity contribution in [2.24, 2.45) is 0 Å². The van der Waals surface area contributed by atoms with Crippen LogP contribution in [0.1, 0.15) is 22.5 Å². The van der Waals surface area contributed by atoms with Crippen molar-refractivity contribution in [3.05, 3.63) is 38.5 Å². The van der Waals surface area contributed by atoms with Gasteiger partial charge in [-0.3, -0.25) is 9.80 Å². The number of aromatic nitrogens is 1. The minimum Gasteiger partial charge on any atom is -0.296 e. The van der Waals surface area contributed by atoms with Crippen molar-refractivity contribution in [2.75, 3.05) is 26.2 Å². The molecule has 0 N–H and O–H groups in total. The first-order chi connectivity index (χ1) is 9.83. The summed E-state index contributed by atoms with van der Waals surface area (Å²) in [6.07, 6.45) is 1.05. The minimum atomic E-state index is 1.02. The summed E-state index contributed by atoms with van der Waals surface area (Å²) >= 11 is 3.66. The van der Waals surface area contributed by atoms with E-state index in [1.54, 1.807) is 11.3 Å². The van der Waals surface area contributed by atoms with Crippen molar-refractivity contribution in [1.82, 2.24) is 14.8 Å². The van der Waals surface area contributed by atoms with Crippen LogP contribution in [0.3, 0.4) is 0 Å². The maximum absolute atomic E-state index is 4.67. The van der Waals surface area contributed by atoms with Gasteiger partial charge in [0, 0.05) is 49.5 Å². The molecule has 5 heteroatoms. The fourth-order valence-electron chi connectivity index (χ4n) is 2.54. The number of nitrogens with zero attached hydrogens (tertiary/aromatic N) is 3. The van der Waals surface area contributed by atoms with E-state index >= 15 is 0 Å². The average molecular weight is 307 g/mol. The molecule has 0 atom stereocenters. The Morgan fingerprint density at radius 1 is 1.10 bits per heavy atom. The Hall–Kier alpha value is -0.750. The second-order valence-electron chi connectivity index (χ2n) is 5.22. The lowest BCUT2D eigenvalue weighted by Gasteiger charge is -2.34. The highest BCUT2D eigenvalue weighted by Crippen LogP contribution is 2.16. The Labute approximate surface area is 128 Å². The first-order valence-corrected chi connectivity index (χ1v) is 9.00. The van der Waals surface area contributed by atoms with Gasteiger partial charge in [0.2, 0.25) is 0 Å². The van der Waals surface area contributed by atoms with Crippen LogP contribution in [0.15, 0.2) is 22.9 Å². The van der Waals surface area contributed by atoms with Crippen LogP contribution < -0.4 is 0 Å². The van der Waals surface area contributed by atoms with E-state index in [0.29, 0.717) is 0 Å². The van der Waals surface area contributed by atoms with Crippen molar-refractivity contribution in [3.8, 4) is 0 Å². The summed E-state index contributed by atoms with van der Waals surface area (Å²) in [5, 5.41) is 5.65. The summed E-state index contributed by atoms with van der Waals surface area (Å²) < 4.78 is 0. The van der Waals surface area contributed by atoms with Gasteiger partial charge in [-0.05, 0) is 17.9 Å². The Morgan fingerprint density at radius 3 is 2.45 bits per heavy atom. The van der Waals surface area contributed by atoms with E-state index in [9.17, 15) is 0 Å². The van der Waals surface area contributed by atoms with E-state index < -0.39 is 0 Å². The van der Waals surface area contributed by atoms with Gasteiger partial charge >= 0.3 is 0 Å². The Kier molecular flexibility index (Phi) is 4.83. The molecule has 3 nitrogen and oxygen atoms in total. The van der Waals surface area contributed by atoms with Gasteiger partial charge < -0.3 is 0 Å². The van der Waals surface area contributed by atoms with Gasteiger partial charge in [0.05, 0.1) is 10.7 Å². The van der Waals surface area contributed by atoms with Gasteiger partial charge in [-0.15, -0.1) is 22.7 Å². The molecular formula is C15H21N3S2. The number of rotatable bonds is 5. The molecule has 0 aromatic carbocycles. The molecule has 2 aromatic rings. The predicted molar refractivity (Wildman–Crippen MR) is 86.4 cm³/mol. The standard InChI is InChI=1S/C15H21N3S2/c1-2-15-16-13(12-20-15)10-17-5-7-18(8-6-17)11-14-4-3-9-19-14/h3-4,9,12H,2,5-8,10-11H2,1H3. The molecule has 1 aliphatic heterocycles. The number of thiazole rings is 1. The summed E-state index contributed by atoms with van der Waals surface area (Å²) in [5.74, 6) is 0. The molecule has 1 aliphatic rings. The molecule has 0 amide bonds. The van der Waals surface area contributed by atoms with E-state index in [0.717, 1.165) is 32.6 Å². The SMILES string of the molecule is CCc1nc(CN2CCN(Cc3cccs3)CC2)cs1. The topological polar surface area (TPSA) is 19.4 Å². The molecular weight excluding hydrogens is 286 g/mol. The van der Waals surface area contributed by atoms with Gasteiger partial charge in [-0.25, -0.2) is 4.98 Å². The fraction of sp³-hybridized carbons (Fsp3) is 0.533. The number of hydrogen-bond donors (Lipinski definition) is 0. The molecule has 1 saturated heterocycles. The van der Waals surface area contributed by atoms with Crippen LogP contribution in [0.2, 0.25) is 0 Å². The summed E-state index contributed by atoms with van der Waals surface area (Å²) in [5.41, 5.74) is 1.25. The summed E-state index contributed by atoms with van der Waals surface area (Å²) in [6, 6.07) is 4.38. The lowest BCUT2D eigenvalue weighted by Crippen LogP contribution is -2.45. The van der Waals surface area contributed by atoms with Crippen LogP contribution in [0.5, 0.6) is 0 Å². The van der Waals surface area contributed by atoms with Crippen LogP contribution in [0, 0.1) is 0 Å². The molecule has 20 heavy (non-hydrogen) atoms. The normalized spacial score (nSPS) is 17.6. The number of piperazine rings is 1. The third-order valence-electron chi connectivity index (χ3n) is 3.71. The van der Waals surface area contributed by atoms with E-state index in [1.165, 1.54) is 28.7 Å². The third-order valence-corrected chi connectivity index (χ3v) is 5.61. The smallest absolute Gasteiger partial charge is 0.0926 e. The van der Waals surface area contributed by atoms with Crippen LogP contribution in [-0.4, -0.2) is 41.0 Å². The molecule has 0 saturated carbocycles. The summed E-state index contributed by atoms with van der Waals surface area (Å²) in [6.45, 7) is 8.96. The largest absolute Gasteiger partial charge is 0.296 e. The Balaban J connectivity index is 1.46. The molecule has 2 aromatic heterocycles. The zero-order chi connectivity index (χ0) is 13.8. The monoisotopic (exact) mass is 307 g/mol. The molecule has 1 fully saturated rings. The number of aryl methyl sites for hydroxylation is 1. The van der Waals surface area contributed by atoms with Crippen molar-refractivity contribution in [2.45, 2.75) is 26.4 Å². The van der Waals surface area contributed by atoms with E-state index in [2.05, 4.69) is 44.6 Å². The van der Waals surface area contributed by atoms with Crippen LogP contribution >= 0.6 is 22.7 Å². The maximum Gasteiger partial charge on any atom is 0.0926 e. The highest BCUT2D eigenvalue weighted by atomic mass is 32.1. The lowest BCUT2D eigenvalue weighted by atomic mass is 10.3.